The number of aliphatic imine (C=N–C) groups is 1. The van der Waals surface area contributed by atoms with Crippen molar-refractivity contribution in [1.82, 2.24) is 14.6 Å². The maximum atomic E-state index is 12.4. The van der Waals surface area contributed by atoms with Crippen LogP contribution in [0.3, 0.4) is 0 Å². The van der Waals surface area contributed by atoms with Gasteiger partial charge in [-0.25, -0.2) is 4.99 Å². The van der Waals surface area contributed by atoms with E-state index < -0.39 is 0 Å². The van der Waals surface area contributed by atoms with Crippen molar-refractivity contribution >= 4 is 50.0 Å². The molecule has 1 atom stereocenters. The monoisotopic (exact) mass is 336 g/mol. The van der Waals surface area contributed by atoms with Crippen molar-refractivity contribution < 1.29 is 4.42 Å². The second kappa shape index (κ2) is 5.00. The second-order valence-electron chi connectivity index (χ2n) is 4.18. The molecule has 0 spiro atoms. The first-order valence-corrected chi connectivity index (χ1v) is 8.95. The highest BCUT2D eigenvalue weighted by atomic mass is 32.2. The van der Waals surface area contributed by atoms with Crippen molar-refractivity contribution in [3.63, 3.8) is 0 Å². The van der Waals surface area contributed by atoms with Gasteiger partial charge < -0.3 is 4.42 Å². The Labute approximate surface area is 131 Å². The van der Waals surface area contributed by atoms with E-state index in [1.54, 1.807) is 16.3 Å². The molecule has 106 valence electrons. The topological polar surface area (TPSA) is 72.8 Å². The fourth-order valence-electron chi connectivity index (χ4n) is 2.14. The highest BCUT2D eigenvalue weighted by Crippen LogP contribution is 2.45. The Morgan fingerprint density at radius 3 is 3.14 bits per heavy atom. The van der Waals surface area contributed by atoms with Crippen LogP contribution in [-0.2, 0) is 0 Å². The lowest BCUT2D eigenvalue weighted by molar-refractivity contribution is 0.517. The molecule has 0 unspecified atom stereocenters. The molecule has 4 heterocycles. The van der Waals surface area contributed by atoms with Crippen LogP contribution in [-0.4, -0.2) is 25.2 Å². The van der Waals surface area contributed by atoms with E-state index in [4.69, 9.17) is 4.42 Å². The number of rotatable bonds is 1. The number of nitrogens with zero attached hydrogens (tertiary/aromatic N) is 4. The fraction of sp³-hybridized carbons (Fsp3) is 0.167. The van der Waals surface area contributed by atoms with Crippen LogP contribution in [0.15, 0.2) is 38.1 Å². The van der Waals surface area contributed by atoms with Crippen molar-refractivity contribution in [3.8, 4) is 0 Å². The summed E-state index contributed by atoms with van der Waals surface area (Å²) in [6.07, 6.45) is 3.56. The lowest BCUT2D eigenvalue weighted by Crippen LogP contribution is -2.21. The molecule has 3 aromatic heterocycles. The van der Waals surface area contributed by atoms with Gasteiger partial charge in [0.05, 0.1) is 11.8 Å². The highest BCUT2D eigenvalue weighted by Gasteiger charge is 2.32. The average molecular weight is 336 g/mol. The van der Waals surface area contributed by atoms with Gasteiger partial charge in [-0.15, -0.1) is 11.8 Å². The van der Waals surface area contributed by atoms with Gasteiger partial charge >= 0.3 is 0 Å². The molecule has 0 fully saturated rings. The zero-order valence-corrected chi connectivity index (χ0v) is 13.2. The van der Waals surface area contributed by atoms with Gasteiger partial charge in [-0.2, -0.15) is 14.6 Å². The van der Waals surface area contributed by atoms with Crippen LogP contribution in [0.5, 0.6) is 0 Å². The molecule has 0 aromatic carbocycles. The van der Waals surface area contributed by atoms with Gasteiger partial charge in [0.25, 0.3) is 5.56 Å². The van der Waals surface area contributed by atoms with E-state index in [-0.39, 0.29) is 10.8 Å². The van der Waals surface area contributed by atoms with E-state index in [0.717, 1.165) is 10.1 Å². The largest absolute Gasteiger partial charge is 0.468 e. The molecule has 6 nitrogen and oxygen atoms in total. The number of hydrogen-bond acceptors (Lipinski definition) is 8. The summed E-state index contributed by atoms with van der Waals surface area (Å²) >= 11 is 4.35. The Morgan fingerprint density at radius 1 is 1.48 bits per heavy atom. The highest BCUT2D eigenvalue weighted by molar-refractivity contribution is 8.38. The van der Waals surface area contributed by atoms with Crippen molar-refractivity contribution in [1.29, 1.82) is 0 Å². The zero-order valence-electron chi connectivity index (χ0n) is 10.7. The average Bonchev–Trinajstić information content (AvgIpc) is 3.17. The molecule has 4 rings (SSSR count). The molecule has 0 saturated carbocycles. The first kappa shape index (κ1) is 13.1. The third-order valence-electron chi connectivity index (χ3n) is 3.03. The fourth-order valence-corrected chi connectivity index (χ4v) is 4.51. The third-order valence-corrected chi connectivity index (χ3v) is 5.93. The van der Waals surface area contributed by atoms with Crippen LogP contribution in [0.25, 0.3) is 4.96 Å². The minimum absolute atomic E-state index is 0.242. The van der Waals surface area contributed by atoms with Gasteiger partial charge in [-0.05, 0) is 18.4 Å². The molecule has 1 aliphatic rings. The number of furan rings is 1. The van der Waals surface area contributed by atoms with E-state index in [2.05, 4.69) is 15.1 Å². The molecule has 0 aliphatic carbocycles. The maximum absolute atomic E-state index is 12.4. The summed E-state index contributed by atoms with van der Waals surface area (Å²) in [5.74, 6) is 1.27. The van der Waals surface area contributed by atoms with E-state index >= 15 is 0 Å². The lowest BCUT2D eigenvalue weighted by Gasteiger charge is -2.20. The minimum Gasteiger partial charge on any atom is -0.468 e. The smallest absolute Gasteiger partial charge is 0.281 e. The quantitative estimate of drug-likeness (QED) is 0.680. The predicted molar refractivity (Wildman–Crippen MR) is 85.9 cm³/mol. The molecule has 0 radical (unpaired) electrons. The minimum atomic E-state index is -0.271. The Kier molecular flexibility index (Phi) is 3.12. The molecule has 0 saturated heterocycles. The van der Waals surface area contributed by atoms with E-state index in [1.807, 2.05) is 18.4 Å². The summed E-state index contributed by atoms with van der Waals surface area (Å²) < 4.78 is 7.98. The summed E-state index contributed by atoms with van der Waals surface area (Å²) in [5.41, 5.74) is 1.91. The van der Waals surface area contributed by atoms with E-state index in [0.29, 0.717) is 16.3 Å². The summed E-state index contributed by atoms with van der Waals surface area (Å²) in [7, 11) is 0. The Balaban J connectivity index is 2.05. The molecule has 0 amide bonds. The molecule has 9 heteroatoms. The molecule has 0 bridgehead atoms. The van der Waals surface area contributed by atoms with E-state index in [1.165, 1.54) is 34.9 Å². The van der Waals surface area contributed by atoms with Crippen LogP contribution in [0.2, 0.25) is 0 Å². The number of thioether (sulfide) groups is 2. The first-order chi connectivity index (χ1) is 10.3. The lowest BCUT2D eigenvalue weighted by atomic mass is 10.1. The van der Waals surface area contributed by atoms with Gasteiger partial charge in [-0.3, -0.25) is 4.79 Å². The molecule has 1 aliphatic heterocycles. The maximum Gasteiger partial charge on any atom is 0.281 e. The molecular formula is C12H8N4O2S3. The Morgan fingerprint density at radius 2 is 2.38 bits per heavy atom. The van der Waals surface area contributed by atoms with Crippen LogP contribution in [0.1, 0.15) is 16.6 Å². The Bertz CT molecular complexity index is 897. The summed E-state index contributed by atoms with van der Waals surface area (Å²) in [5, 5.41) is 3.99. The van der Waals surface area contributed by atoms with Crippen LogP contribution in [0.4, 0.5) is 5.82 Å². The van der Waals surface area contributed by atoms with Gasteiger partial charge in [0.2, 0.25) is 4.96 Å². The number of fused-ring (bicyclic) bond motifs is 3. The van der Waals surface area contributed by atoms with Crippen molar-refractivity contribution in [3.05, 3.63) is 45.6 Å². The first-order valence-electron chi connectivity index (χ1n) is 5.97. The van der Waals surface area contributed by atoms with E-state index in [9.17, 15) is 4.79 Å². The standard InChI is InChI=1S/C12H8N4O2S3/c1-19-12-14-9-7(8(21-12)6-3-2-4-18-6)10(17)15-11-16(9)13-5-20-11/h2-5,8H,1H3/t8-/m1/s1. The predicted octanol–water partition coefficient (Wildman–Crippen LogP) is 2.93. The van der Waals surface area contributed by atoms with Crippen molar-refractivity contribution in [2.75, 3.05) is 6.26 Å². The molecular weight excluding hydrogens is 328 g/mol. The molecule has 3 aromatic rings. The van der Waals surface area contributed by atoms with Crippen LogP contribution < -0.4 is 5.56 Å². The van der Waals surface area contributed by atoms with Crippen molar-refractivity contribution in [2.24, 2.45) is 4.99 Å². The number of hydrogen-bond donors (Lipinski definition) is 0. The van der Waals surface area contributed by atoms with Crippen LogP contribution >= 0.6 is 34.9 Å². The molecule has 21 heavy (non-hydrogen) atoms. The number of aromatic nitrogens is 3. The second-order valence-corrected chi connectivity index (χ2v) is 7.14. The summed E-state index contributed by atoms with van der Waals surface area (Å²) in [4.78, 5) is 21.6. The zero-order chi connectivity index (χ0) is 14.4. The normalized spacial score (nSPS) is 17.8. The van der Waals surface area contributed by atoms with Gasteiger partial charge in [0.15, 0.2) is 5.82 Å². The van der Waals surface area contributed by atoms with Gasteiger partial charge in [-0.1, -0.05) is 23.1 Å². The summed E-state index contributed by atoms with van der Waals surface area (Å²) in [6.45, 7) is 0. The van der Waals surface area contributed by atoms with Crippen LogP contribution in [0, 0.1) is 0 Å². The third kappa shape index (κ3) is 2.03. The summed E-state index contributed by atoms with van der Waals surface area (Å²) in [6, 6.07) is 3.67. The van der Waals surface area contributed by atoms with Crippen molar-refractivity contribution in [2.45, 2.75) is 5.25 Å². The van der Waals surface area contributed by atoms with Gasteiger partial charge in [0.1, 0.15) is 20.9 Å². The Hall–Kier alpha value is -1.58. The van der Waals surface area contributed by atoms with Gasteiger partial charge in [0, 0.05) is 0 Å². The SMILES string of the molecule is CSC1=Nc2c(c(=O)nc3scnn23)[C@@H](c2ccco2)S1. The molecule has 0 N–H and O–H groups in total.